The standard InChI is InChI=1S/C17H18F3NO3/c1-23-15-4-2-3-12(16(15)24-17(19)20)9-21-10-14(22)11-5-7-13(18)8-6-11/h2-8,14,17,21-22H,9-10H2,1H3. The molecular weight excluding hydrogens is 323 g/mol. The first kappa shape index (κ1) is 18.1. The Morgan fingerprint density at radius 3 is 2.46 bits per heavy atom. The summed E-state index contributed by atoms with van der Waals surface area (Å²) in [5.41, 5.74) is 1.03. The van der Waals surface area contributed by atoms with Gasteiger partial charge in [0, 0.05) is 18.7 Å². The summed E-state index contributed by atoms with van der Waals surface area (Å²) in [6.45, 7) is -2.61. The molecule has 1 unspecified atom stereocenters. The predicted molar refractivity (Wildman–Crippen MR) is 82.7 cm³/mol. The molecule has 2 aromatic rings. The van der Waals surface area contributed by atoms with E-state index in [1.165, 1.54) is 37.4 Å². The van der Waals surface area contributed by atoms with Crippen LogP contribution in [-0.2, 0) is 6.54 Å². The second-order valence-corrected chi connectivity index (χ2v) is 5.03. The first-order chi connectivity index (χ1) is 11.5. The monoisotopic (exact) mass is 341 g/mol. The maximum Gasteiger partial charge on any atom is 0.387 e. The van der Waals surface area contributed by atoms with Crippen molar-refractivity contribution in [3.63, 3.8) is 0 Å². The SMILES string of the molecule is COc1cccc(CNCC(O)c2ccc(F)cc2)c1OC(F)F. The van der Waals surface area contributed by atoms with Crippen molar-refractivity contribution in [2.75, 3.05) is 13.7 Å². The van der Waals surface area contributed by atoms with Crippen LogP contribution in [0.1, 0.15) is 17.2 Å². The van der Waals surface area contributed by atoms with Gasteiger partial charge in [0.15, 0.2) is 11.5 Å². The Morgan fingerprint density at radius 1 is 1.12 bits per heavy atom. The van der Waals surface area contributed by atoms with E-state index in [4.69, 9.17) is 4.74 Å². The Hall–Kier alpha value is -2.25. The van der Waals surface area contributed by atoms with Crippen LogP contribution in [0.25, 0.3) is 0 Å². The highest BCUT2D eigenvalue weighted by atomic mass is 19.3. The summed E-state index contributed by atoms with van der Waals surface area (Å²) >= 11 is 0. The summed E-state index contributed by atoms with van der Waals surface area (Å²) in [6, 6.07) is 10.3. The average Bonchev–Trinajstić information content (AvgIpc) is 2.56. The highest BCUT2D eigenvalue weighted by Gasteiger charge is 2.15. The number of para-hydroxylation sites is 1. The summed E-state index contributed by atoms with van der Waals surface area (Å²) in [4.78, 5) is 0. The van der Waals surface area contributed by atoms with Crippen molar-refractivity contribution in [2.24, 2.45) is 0 Å². The molecule has 0 spiro atoms. The lowest BCUT2D eigenvalue weighted by atomic mass is 10.1. The number of methoxy groups -OCH3 is 1. The van der Waals surface area contributed by atoms with Crippen LogP contribution in [-0.4, -0.2) is 25.4 Å². The topological polar surface area (TPSA) is 50.7 Å². The van der Waals surface area contributed by atoms with Gasteiger partial charge in [-0.15, -0.1) is 0 Å². The smallest absolute Gasteiger partial charge is 0.387 e. The Morgan fingerprint density at radius 2 is 1.83 bits per heavy atom. The summed E-state index contributed by atoms with van der Waals surface area (Å²) < 4.78 is 47.5. The molecule has 0 aliphatic rings. The lowest BCUT2D eigenvalue weighted by Gasteiger charge is -2.16. The maximum atomic E-state index is 12.9. The van der Waals surface area contributed by atoms with Crippen LogP contribution < -0.4 is 14.8 Å². The van der Waals surface area contributed by atoms with E-state index in [1.54, 1.807) is 12.1 Å². The molecule has 0 aromatic heterocycles. The van der Waals surface area contributed by atoms with Gasteiger partial charge in [0.1, 0.15) is 5.82 Å². The van der Waals surface area contributed by atoms with E-state index >= 15 is 0 Å². The van der Waals surface area contributed by atoms with Crippen molar-refractivity contribution in [2.45, 2.75) is 19.3 Å². The van der Waals surface area contributed by atoms with Crippen molar-refractivity contribution in [3.8, 4) is 11.5 Å². The number of hydrogen-bond donors (Lipinski definition) is 2. The highest BCUT2D eigenvalue weighted by molar-refractivity contribution is 5.46. The molecule has 7 heteroatoms. The Labute approximate surface area is 137 Å². The van der Waals surface area contributed by atoms with E-state index < -0.39 is 12.7 Å². The van der Waals surface area contributed by atoms with E-state index in [0.29, 0.717) is 11.1 Å². The van der Waals surface area contributed by atoms with Gasteiger partial charge in [-0.1, -0.05) is 24.3 Å². The van der Waals surface area contributed by atoms with Crippen LogP contribution in [0.5, 0.6) is 11.5 Å². The molecule has 0 aliphatic carbocycles. The van der Waals surface area contributed by atoms with Crippen molar-refractivity contribution in [1.29, 1.82) is 0 Å². The van der Waals surface area contributed by atoms with E-state index in [0.717, 1.165) is 0 Å². The zero-order chi connectivity index (χ0) is 17.5. The number of aliphatic hydroxyl groups is 1. The van der Waals surface area contributed by atoms with Gasteiger partial charge in [-0.3, -0.25) is 0 Å². The zero-order valence-corrected chi connectivity index (χ0v) is 13.0. The summed E-state index contributed by atoms with van der Waals surface area (Å²) in [5, 5.41) is 13.0. The fraction of sp³-hybridized carbons (Fsp3) is 0.294. The van der Waals surface area contributed by atoms with Crippen molar-refractivity contribution < 1.29 is 27.8 Å². The number of benzene rings is 2. The van der Waals surface area contributed by atoms with E-state index in [9.17, 15) is 18.3 Å². The molecule has 2 rings (SSSR count). The fourth-order valence-electron chi connectivity index (χ4n) is 2.23. The van der Waals surface area contributed by atoms with Crippen LogP contribution in [0, 0.1) is 5.82 Å². The molecule has 0 saturated heterocycles. The Kier molecular flexibility index (Phi) is 6.45. The van der Waals surface area contributed by atoms with Gasteiger partial charge in [0.05, 0.1) is 13.2 Å². The van der Waals surface area contributed by atoms with E-state index in [2.05, 4.69) is 10.1 Å². The molecule has 0 aliphatic heterocycles. The van der Waals surface area contributed by atoms with E-state index in [1.807, 2.05) is 0 Å². The second-order valence-electron chi connectivity index (χ2n) is 5.03. The van der Waals surface area contributed by atoms with Gasteiger partial charge in [-0.25, -0.2) is 4.39 Å². The number of ether oxygens (including phenoxy) is 2. The first-order valence-corrected chi connectivity index (χ1v) is 7.26. The molecule has 2 aromatic carbocycles. The lowest BCUT2D eigenvalue weighted by Crippen LogP contribution is -2.21. The number of rotatable bonds is 8. The van der Waals surface area contributed by atoms with Crippen molar-refractivity contribution >= 4 is 0 Å². The minimum Gasteiger partial charge on any atom is -0.493 e. The van der Waals surface area contributed by atoms with Gasteiger partial charge in [0.2, 0.25) is 0 Å². The third kappa shape index (κ3) is 4.87. The van der Waals surface area contributed by atoms with Crippen LogP contribution in [0.2, 0.25) is 0 Å². The van der Waals surface area contributed by atoms with Gasteiger partial charge in [-0.05, 0) is 23.8 Å². The summed E-state index contributed by atoms with van der Waals surface area (Å²) in [6.07, 6.45) is -0.851. The quantitative estimate of drug-likeness (QED) is 0.774. The molecule has 0 saturated carbocycles. The fourth-order valence-corrected chi connectivity index (χ4v) is 2.23. The molecular formula is C17H18F3NO3. The molecule has 1 atom stereocenters. The van der Waals surface area contributed by atoms with Crippen LogP contribution in [0.3, 0.4) is 0 Å². The highest BCUT2D eigenvalue weighted by Crippen LogP contribution is 2.32. The number of alkyl halides is 2. The van der Waals surface area contributed by atoms with Gasteiger partial charge < -0.3 is 19.9 Å². The number of aliphatic hydroxyl groups excluding tert-OH is 1. The molecule has 0 heterocycles. The molecule has 0 fully saturated rings. The third-order valence-electron chi connectivity index (χ3n) is 3.40. The van der Waals surface area contributed by atoms with Crippen LogP contribution in [0.4, 0.5) is 13.2 Å². The molecule has 130 valence electrons. The minimum absolute atomic E-state index is 0.0428. The van der Waals surface area contributed by atoms with Crippen molar-refractivity contribution in [3.05, 3.63) is 59.4 Å². The molecule has 2 N–H and O–H groups in total. The van der Waals surface area contributed by atoms with E-state index in [-0.39, 0.29) is 30.4 Å². The molecule has 4 nitrogen and oxygen atoms in total. The van der Waals surface area contributed by atoms with Gasteiger partial charge in [0.25, 0.3) is 0 Å². The summed E-state index contributed by atoms with van der Waals surface area (Å²) in [7, 11) is 1.36. The first-order valence-electron chi connectivity index (χ1n) is 7.26. The number of halogens is 3. The average molecular weight is 341 g/mol. The summed E-state index contributed by atoms with van der Waals surface area (Å²) in [5.74, 6) is -0.225. The number of nitrogens with one attached hydrogen (secondary N) is 1. The van der Waals surface area contributed by atoms with Crippen LogP contribution >= 0.6 is 0 Å². The molecule has 0 bridgehead atoms. The molecule has 0 amide bonds. The van der Waals surface area contributed by atoms with Crippen LogP contribution in [0.15, 0.2) is 42.5 Å². The number of hydrogen-bond acceptors (Lipinski definition) is 4. The molecule has 24 heavy (non-hydrogen) atoms. The predicted octanol–water partition coefficient (Wildman–Crippen LogP) is 3.26. The van der Waals surface area contributed by atoms with Crippen molar-refractivity contribution in [1.82, 2.24) is 5.32 Å². The van der Waals surface area contributed by atoms with Gasteiger partial charge >= 0.3 is 6.61 Å². The lowest BCUT2D eigenvalue weighted by molar-refractivity contribution is -0.0519. The Balaban J connectivity index is 1.99. The third-order valence-corrected chi connectivity index (χ3v) is 3.40. The van der Waals surface area contributed by atoms with Gasteiger partial charge in [-0.2, -0.15) is 8.78 Å². The Bertz CT molecular complexity index is 650. The minimum atomic E-state index is -2.97. The largest absolute Gasteiger partial charge is 0.493 e. The maximum absolute atomic E-state index is 12.9. The zero-order valence-electron chi connectivity index (χ0n) is 13.0. The molecule has 0 radical (unpaired) electrons. The second kappa shape index (κ2) is 8.56. The normalized spacial score (nSPS) is 12.2.